The summed E-state index contributed by atoms with van der Waals surface area (Å²) in [6, 6.07) is 16.0. The Morgan fingerprint density at radius 1 is 1.17 bits per heavy atom. The maximum atomic E-state index is 11.8. The summed E-state index contributed by atoms with van der Waals surface area (Å²) >= 11 is 0. The highest BCUT2D eigenvalue weighted by Crippen LogP contribution is 2.24. The molecule has 1 amide bonds. The first-order valence-electron chi connectivity index (χ1n) is 9.93. The lowest BCUT2D eigenvalue weighted by molar-refractivity contribution is -0.125. The number of nitriles is 1. The molecule has 8 heteroatoms. The fourth-order valence-corrected chi connectivity index (χ4v) is 4.60. The van der Waals surface area contributed by atoms with E-state index in [0.717, 1.165) is 29.5 Å². The van der Waals surface area contributed by atoms with E-state index in [4.69, 9.17) is 5.73 Å². The Balaban J connectivity index is 1.73. The second kappa shape index (κ2) is 9.39. The van der Waals surface area contributed by atoms with Crippen LogP contribution in [0.1, 0.15) is 24.8 Å². The Labute approximate surface area is 177 Å². The van der Waals surface area contributed by atoms with E-state index in [0.29, 0.717) is 19.4 Å². The number of nitrogens with one attached hydrogen (secondary N) is 1. The van der Waals surface area contributed by atoms with Gasteiger partial charge in [-0.15, -0.1) is 0 Å². The molecular weight excluding hydrogens is 400 g/mol. The normalized spacial score (nSPS) is 18.5. The Bertz CT molecular complexity index is 1030. The number of primary amides is 1. The van der Waals surface area contributed by atoms with Crippen LogP contribution in [0, 0.1) is 11.3 Å². The zero-order chi connectivity index (χ0) is 21.7. The quantitative estimate of drug-likeness (QED) is 0.703. The van der Waals surface area contributed by atoms with Crippen LogP contribution in [0.15, 0.2) is 53.4 Å². The number of sulfonamides is 1. The van der Waals surface area contributed by atoms with Crippen molar-refractivity contribution in [1.29, 1.82) is 5.26 Å². The van der Waals surface area contributed by atoms with Crippen molar-refractivity contribution in [2.24, 2.45) is 5.73 Å². The van der Waals surface area contributed by atoms with Crippen LogP contribution in [-0.4, -0.2) is 44.9 Å². The summed E-state index contributed by atoms with van der Waals surface area (Å²) in [4.78, 5) is 13.9. The van der Waals surface area contributed by atoms with Crippen LogP contribution in [-0.2, 0) is 21.2 Å². The summed E-state index contributed by atoms with van der Waals surface area (Å²) in [5.41, 5.74) is 8.39. The van der Waals surface area contributed by atoms with Gasteiger partial charge in [0.1, 0.15) is 6.04 Å². The highest BCUT2D eigenvalue weighted by molar-refractivity contribution is 7.89. The number of hydrogen-bond acceptors (Lipinski definition) is 5. The average molecular weight is 427 g/mol. The molecule has 158 valence electrons. The molecule has 1 aliphatic heterocycles. The maximum absolute atomic E-state index is 11.8. The van der Waals surface area contributed by atoms with Gasteiger partial charge in [0.25, 0.3) is 0 Å². The molecule has 2 aromatic carbocycles. The molecular formula is C22H26N4O3S. The van der Waals surface area contributed by atoms with Gasteiger partial charge in [-0.1, -0.05) is 42.8 Å². The molecule has 0 spiro atoms. The van der Waals surface area contributed by atoms with E-state index < -0.39 is 16.1 Å². The van der Waals surface area contributed by atoms with E-state index in [-0.39, 0.29) is 16.8 Å². The first kappa shape index (κ1) is 22.0. The fourth-order valence-electron chi connectivity index (χ4n) is 3.87. The van der Waals surface area contributed by atoms with Crippen LogP contribution in [0.25, 0.3) is 11.1 Å². The third-order valence-corrected chi connectivity index (χ3v) is 7.00. The van der Waals surface area contributed by atoms with Crippen LogP contribution in [0.3, 0.4) is 0 Å². The Morgan fingerprint density at radius 2 is 1.77 bits per heavy atom. The van der Waals surface area contributed by atoms with Gasteiger partial charge in [0.2, 0.25) is 15.9 Å². The fraction of sp³-hybridized carbons (Fsp3) is 0.364. The van der Waals surface area contributed by atoms with Crippen LogP contribution < -0.4 is 10.5 Å². The van der Waals surface area contributed by atoms with E-state index in [1.165, 1.54) is 7.05 Å². The van der Waals surface area contributed by atoms with E-state index in [1.807, 2.05) is 29.2 Å². The highest BCUT2D eigenvalue weighted by Gasteiger charge is 2.32. The molecule has 0 aliphatic carbocycles. The van der Waals surface area contributed by atoms with Crippen molar-refractivity contribution in [3.8, 4) is 17.2 Å². The molecule has 1 unspecified atom stereocenters. The van der Waals surface area contributed by atoms with Gasteiger partial charge in [-0.25, -0.2) is 13.1 Å². The van der Waals surface area contributed by atoms with Gasteiger partial charge in [-0.2, -0.15) is 5.26 Å². The smallest absolute Gasteiger partial charge is 0.240 e. The second-order valence-corrected chi connectivity index (χ2v) is 9.32. The van der Waals surface area contributed by atoms with Gasteiger partial charge in [0.05, 0.1) is 17.0 Å². The number of amides is 1. The monoisotopic (exact) mass is 426 g/mol. The molecule has 0 bridgehead atoms. The molecule has 7 nitrogen and oxygen atoms in total. The van der Waals surface area contributed by atoms with Crippen LogP contribution in [0.2, 0.25) is 0 Å². The number of hydrogen-bond donors (Lipinski definition) is 2. The van der Waals surface area contributed by atoms with Crippen molar-refractivity contribution < 1.29 is 13.2 Å². The lowest BCUT2D eigenvalue weighted by atomic mass is 9.96. The zero-order valence-corrected chi connectivity index (χ0v) is 17.7. The van der Waals surface area contributed by atoms with Crippen LogP contribution in [0.5, 0.6) is 0 Å². The van der Waals surface area contributed by atoms with E-state index in [1.54, 1.807) is 24.3 Å². The molecule has 0 saturated carbocycles. The number of nitrogens with two attached hydrogens (primary N) is 1. The molecule has 3 N–H and O–H groups in total. The van der Waals surface area contributed by atoms with Gasteiger partial charge in [-0.05, 0) is 48.7 Å². The van der Waals surface area contributed by atoms with Crippen molar-refractivity contribution in [2.45, 2.75) is 42.7 Å². The summed E-state index contributed by atoms with van der Waals surface area (Å²) in [5, 5.41) is 9.69. The van der Waals surface area contributed by atoms with Crippen molar-refractivity contribution in [3.05, 3.63) is 54.1 Å². The first-order valence-corrected chi connectivity index (χ1v) is 11.4. The third-order valence-electron chi connectivity index (χ3n) is 5.57. The predicted molar refractivity (Wildman–Crippen MR) is 115 cm³/mol. The Morgan fingerprint density at radius 3 is 2.30 bits per heavy atom. The van der Waals surface area contributed by atoms with E-state index >= 15 is 0 Å². The zero-order valence-electron chi connectivity index (χ0n) is 16.9. The standard InChI is InChI=1S/C22H26N4O3S/c1-25-30(28,29)20-11-9-18(10-12-20)17-7-5-16(6-8-17)14-19(15-23)26-13-3-2-4-21(26)22(24)27/h5-12,19,21,25H,2-4,13-14H2,1H3,(H2,24,27)/t19-,21?/m0/s1. The van der Waals surface area contributed by atoms with E-state index in [9.17, 15) is 18.5 Å². The van der Waals surface area contributed by atoms with Gasteiger partial charge < -0.3 is 5.73 Å². The second-order valence-electron chi connectivity index (χ2n) is 7.43. The number of piperidine rings is 1. The highest BCUT2D eigenvalue weighted by atomic mass is 32.2. The molecule has 1 fully saturated rings. The Kier molecular flexibility index (Phi) is 6.87. The molecule has 0 aromatic heterocycles. The van der Waals surface area contributed by atoms with Crippen molar-refractivity contribution in [2.75, 3.05) is 13.6 Å². The topological polar surface area (TPSA) is 116 Å². The molecule has 2 atom stereocenters. The van der Waals surface area contributed by atoms with Gasteiger partial charge in [0.15, 0.2) is 0 Å². The number of carbonyl (C=O) groups is 1. The third kappa shape index (κ3) is 4.87. The summed E-state index contributed by atoms with van der Waals surface area (Å²) in [5.74, 6) is -0.367. The Hall–Kier alpha value is -2.73. The van der Waals surface area contributed by atoms with Gasteiger partial charge >= 0.3 is 0 Å². The maximum Gasteiger partial charge on any atom is 0.240 e. The summed E-state index contributed by atoms with van der Waals surface area (Å²) in [6.45, 7) is 0.700. The summed E-state index contributed by atoms with van der Waals surface area (Å²) in [7, 11) is -2.08. The number of benzene rings is 2. The first-order chi connectivity index (χ1) is 14.4. The van der Waals surface area contributed by atoms with Gasteiger partial charge in [0, 0.05) is 13.0 Å². The SMILES string of the molecule is CNS(=O)(=O)c1ccc(-c2ccc(C[C@@H](C#N)N3CCCCC3C(N)=O)cc2)cc1. The summed E-state index contributed by atoms with van der Waals surface area (Å²) in [6.07, 6.45) is 3.12. The van der Waals surface area contributed by atoms with Crippen molar-refractivity contribution in [1.82, 2.24) is 9.62 Å². The van der Waals surface area contributed by atoms with Crippen molar-refractivity contribution in [3.63, 3.8) is 0 Å². The minimum atomic E-state index is -3.46. The van der Waals surface area contributed by atoms with Crippen LogP contribution in [0.4, 0.5) is 0 Å². The molecule has 30 heavy (non-hydrogen) atoms. The summed E-state index contributed by atoms with van der Waals surface area (Å²) < 4.78 is 26.0. The molecule has 1 aliphatic rings. The minimum absolute atomic E-state index is 0.216. The number of nitrogens with zero attached hydrogens (tertiary/aromatic N) is 2. The van der Waals surface area contributed by atoms with E-state index in [2.05, 4.69) is 10.8 Å². The van der Waals surface area contributed by atoms with Crippen LogP contribution >= 0.6 is 0 Å². The van der Waals surface area contributed by atoms with Crippen molar-refractivity contribution >= 4 is 15.9 Å². The van der Waals surface area contributed by atoms with Gasteiger partial charge in [-0.3, -0.25) is 9.69 Å². The molecule has 0 radical (unpaired) electrons. The minimum Gasteiger partial charge on any atom is -0.368 e. The largest absolute Gasteiger partial charge is 0.368 e. The number of carbonyl (C=O) groups excluding carboxylic acids is 1. The average Bonchev–Trinajstić information content (AvgIpc) is 2.78. The molecule has 1 saturated heterocycles. The number of likely N-dealkylation sites (tertiary alicyclic amines) is 1. The molecule has 1 heterocycles. The molecule has 3 rings (SSSR count). The lowest BCUT2D eigenvalue weighted by Gasteiger charge is -2.36. The number of rotatable bonds is 7. The predicted octanol–water partition coefficient (Wildman–Crippen LogP) is 2.04. The molecule has 2 aromatic rings. The lowest BCUT2D eigenvalue weighted by Crippen LogP contribution is -2.52.